The van der Waals surface area contributed by atoms with E-state index in [-0.39, 0.29) is 30.4 Å². The van der Waals surface area contributed by atoms with Crippen LogP contribution >= 0.6 is 0 Å². The second-order valence-electron chi connectivity index (χ2n) is 7.88. The number of piperazine rings is 1. The van der Waals surface area contributed by atoms with Crippen LogP contribution in [0.25, 0.3) is 0 Å². The third-order valence-electron chi connectivity index (χ3n) is 5.46. The van der Waals surface area contributed by atoms with E-state index in [1.807, 2.05) is 4.90 Å². The minimum Gasteiger partial charge on any atom is -0.484 e. The molecule has 0 spiro atoms. The third kappa shape index (κ3) is 6.50. The summed E-state index contributed by atoms with van der Waals surface area (Å²) in [4.78, 5) is 47.6. The summed E-state index contributed by atoms with van der Waals surface area (Å²) in [6, 6.07) is 14.4. The van der Waals surface area contributed by atoms with Gasteiger partial charge in [-0.2, -0.15) is 0 Å². The lowest BCUT2D eigenvalue weighted by atomic mass is 10.1. The molecule has 1 aliphatic rings. The number of nitrogens with one attached hydrogen (secondary N) is 1. The Balaban J connectivity index is 1.22. The summed E-state index contributed by atoms with van der Waals surface area (Å²) in [5, 5.41) is 13.5. The second-order valence-corrected chi connectivity index (χ2v) is 7.88. The molecule has 4 rings (SSSR count). The highest BCUT2D eigenvalue weighted by molar-refractivity contribution is 5.92. The number of rotatable bonds is 8. The summed E-state index contributed by atoms with van der Waals surface area (Å²) >= 11 is 0. The van der Waals surface area contributed by atoms with Gasteiger partial charge in [0.25, 0.3) is 11.6 Å². The van der Waals surface area contributed by atoms with Gasteiger partial charge in [0.05, 0.1) is 17.4 Å². The van der Waals surface area contributed by atoms with Gasteiger partial charge in [-0.05, 0) is 29.8 Å². The van der Waals surface area contributed by atoms with Crippen molar-refractivity contribution in [3.05, 3.63) is 82.7 Å². The van der Waals surface area contributed by atoms with Crippen molar-refractivity contribution in [3.8, 4) is 5.75 Å². The molecule has 0 aliphatic carbocycles. The molecule has 11 nitrogen and oxygen atoms in total. The Morgan fingerprint density at radius 3 is 2.40 bits per heavy atom. The Morgan fingerprint density at radius 2 is 1.71 bits per heavy atom. The zero-order valence-corrected chi connectivity index (χ0v) is 18.9. The summed E-state index contributed by atoms with van der Waals surface area (Å²) < 4.78 is 5.33. The summed E-state index contributed by atoms with van der Waals surface area (Å²) in [5.74, 6) is 0.550. The van der Waals surface area contributed by atoms with Crippen LogP contribution in [0.15, 0.2) is 67.0 Å². The number of anilines is 2. The van der Waals surface area contributed by atoms with Crippen LogP contribution in [0.2, 0.25) is 0 Å². The molecule has 1 aromatic heterocycles. The number of nitrogens with zero attached hydrogens (tertiary/aromatic N) is 5. The molecule has 0 bridgehead atoms. The molecule has 11 heteroatoms. The predicted molar refractivity (Wildman–Crippen MR) is 128 cm³/mol. The Kier molecular flexibility index (Phi) is 7.46. The van der Waals surface area contributed by atoms with E-state index >= 15 is 0 Å². The fourth-order valence-electron chi connectivity index (χ4n) is 3.64. The van der Waals surface area contributed by atoms with Gasteiger partial charge in [0.2, 0.25) is 11.9 Å². The number of carbonyl (C=O) groups excluding carboxylic acids is 2. The molecule has 1 saturated heterocycles. The van der Waals surface area contributed by atoms with Crippen LogP contribution in [-0.4, -0.2) is 64.4 Å². The highest BCUT2D eigenvalue weighted by Crippen LogP contribution is 2.19. The van der Waals surface area contributed by atoms with Gasteiger partial charge in [-0.15, -0.1) is 0 Å². The van der Waals surface area contributed by atoms with Gasteiger partial charge in [0, 0.05) is 50.3 Å². The van der Waals surface area contributed by atoms with Gasteiger partial charge in [-0.3, -0.25) is 19.7 Å². The maximum absolute atomic E-state index is 12.7. The van der Waals surface area contributed by atoms with Crippen LogP contribution < -0.4 is 15.0 Å². The van der Waals surface area contributed by atoms with Crippen molar-refractivity contribution >= 4 is 29.1 Å². The molecule has 0 atom stereocenters. The Bertz CT molecular complexity index is 1180. The Hall–Kier alpha value is -4.54. The summed E-state index contributed by atoms with van der Waals surface area (Å²) in [5.41, 5.74) is 1.29. The molecule has 0 unspecified atom stereocenters. The van der Waals surface area contributed by atoms with Crippen molar-refractivity contribution in [2.45, 2.75) is 6.42 Å². The highest BCUT2D eigenvalue weighted by Gasteiger charge is 2.22. The van der Waals surface area contributed by atoms with Gasteiger partial charge >= 0.3 is 0 Å². The standard InChI is InChI=1S/C24H24N6O5/c31-22(17-35-21-4-1-3-20(16-21)30(33)34)27-19-7-5-18(6-8-19)15-23(32)28-11-13-29(14-12-28)24-25-9-2-10-26-24/h1-10,16H,11-15,17H2,(H,27,31). The van der Waals surface area contributed by atoms with Gasteiger partial charge in [0.15, 0.2) is 6.61 Å². The van der Waals surface area contributed by atoms with Gasteiger partial charge in [-0.25, -0.2) is 9.97 Å². The molecule has 2 aromatic carbocycles. The second kappa shape index (κ2) is 11.1. The third-order valence-corrected chi connectivity index (χ3v) is 5.46. The van der Waals surface area contributed by atoms with Crippen molar-refractivity contribution in [1.29, 1.82) is 0 Å². The summed E-state index contributed by atoms with van der Waals surface area (Å²) in [6.07, 6.45) is 3.68. The lowest BCUT2D eigenvalue weighted by Gasteiger charge is -2.34. The minimum absolute atomic E-state index is 0.0424. The van der Waals surface area contributed by atoms with Crippen molar-refractivity contribution < 1.29 is 19.2 Å². The monoisotopic (exact) mass is 476 g/mol. The number of aromatic nitrogens is 2. The van der Waals surface area contributed by atoms with Crippen LogP contribution in [0.4, 0.5) is 17.3 Å². The summed E-state index contributed by atoms with van der Waals surface area (Å²) in [7, 11) is 0. The van der Waals surface area contributed by atoms with E-state index in [0.29, 0.717) is 37.8 Å². The van der Waals surface area contributed by atoms with Crippen molar-refractivity contribution in [3.63, 3.8) is 0 Å². The molecule has 1 aliphatic heterocycles. The van der Waals surface area contributed by atoms with E-state index in [1.54, 1.807) is 48.8 Å². The van der Waals surface area contributed by atoms with Gasteiger partial charge in [0.1, 0.15) is 5.75 Å². The molecule has 1 fully saturated rings. The van der Waals surface area contributed by atoms with E-state index in [2.05, 4.69) is 20.2 Å². The number of ether oxygens (including phenoxy) is 1. The molecule has 0 saturated carbocycles. The number of carbonyl (C=O) groups is 2. The van der Waals surface area contributed by atoms with Crippen molar-refractivity contribution in [1.82, 2.24) is 14.9 Å². The molecular weight excluding hydrogens is 452 g/mol. The molecule has 1 N–H and O–H groups in total. The number of benzene rings is 2. The van der Waals surface area contributed by atoms with Crippen LogP contribution in [0.1, 0.15) is 5.56 Å². The lowest BCUT2D eigenvalue weighted by Crippen LogP contribution is -2.49. The van der Waals surface area contributed by atoms with E-state index < -0.39 is 10.8 Å². The topological polar surface area (TPSA) is 131 Å². The average molecular weight is 476 g/mol. The first-order chi connectivity index (χ1) is 17.0. The highest BCUT2D eigenvalue weighted by atomic mass is 16.6. The molecule has 0 radical (unpaired) electrons. The predicted octanol–water partition coefficient (Wildman–Crippen LogP) is 2.29. The van der Waals surface area contributed by atoms with Crippen molar-refractivity contribution in [2.75, 3.05) is 43.0 Å². The maximum atomic E-state index is 12.7. The molecular formula is C24H24N6O5. The summed E-state index contributed by atoms with van der Waals surface area (Å²) in [6.45, 7) is 2.28. The molecule has 35 heavy (non-hydrogen) atoms. The zero-order valence-electron chi connectivity index (χ0n) is 18.9. The van der Waals surface area contributed by atoms with Crippen molar-refractivity contribution in [2.24, 2.45) is 0 Å². The number of non-ortho nitro benzene ring substituents is 1. The van der Waals surface area contributed by atoms with Crippen LogP contribution in [0.5, 0.6) is 5.75 Å². The number of hydrogen-bond acceptors (Lipinski definition) is 8. The fraction of sp³-hybridized carbons (Fsp3) is 0.250. The number of hydrogen-bond donors (Lipinski definition) is 1. The first-order valence-corrected chi connectivity index (χ1v) is 11.0. The smallest absolute Gasteiger partial charge is 0.273 e. The molecule has 2 amide bonds. The van der Waals surface area contributed by atoms with E-state index in [0.717, 1.165) is 5.56 Å². The minimum atomic E-state index is -0.529. The Morgan fingerprint density at radius 1 is 1.00 bits per heavy atom. The SMILES string of the molecule is O=C(COc1cccc([N+](=O)[O-])c1)Nc1ccc(CC(=O)N2CCN(c3ncccn3)CC2)cc1. The van der Waals surface area contributed by atoms with Crippen LogP contribution in [0.3, 0.4) is 0 Å². The first-order valence-electron chi connectivity index (χ1n) is 11.0. The van der Waals surface area contributed by atoms with Crippen LogP contribution in [0, 0.1) is 10.1 Å². The number of nitro benzene ring substituents is 1. The molecule has 3 aromatic rings. The van der Waals surface area contributed by atoms with E-state index in [4.69, 9.17) is 4.74 Å². The van der Waals surface area contributed by atoms with Gasteiger partial charge in [-0.1, -0.05) is 18.2 Å². The quantitative estimate of drug-likeness (QED) is 0.387. The number of amides is 2. The average Bonchev–Trinajstić information content (AvgIpc) is 2.89. The first kappa shape index (κ1) is 23.6. The van der Waals surface area contributed by atoms with Crippen LogP contribution in [-0.2, 0) is 16.0 Å². The zero-order chi connectivity index (χ0) is 24.6. The Labute approximate surface area is 201 Å². The lowest BCUT2D eigenvalue weighted by molar-refractivity contribution is -0.384. The molecule has 2 heterocycles. The van der Waals surface area contributed by atoms with Gasteiger partial charge < -0.3 is 19.9 Å². The fourth-order valence-corrected chi connectivity index (χ4v) is 3.64. The van der Waals surface area contributed by atoms with E-state index in [9.17, 15) is 19.7 Å². The maximum Gasteiger partial charge on any atom is 0.273 e. The molecule has 180 valence electrons. The largest absolute Gasteiger partial charge is 0.484 e. The number of nitro groups is 1. The van der Waals surface area contributed by atoms with E-state index in [1.165, 1.54) is 18.2 Å². The normalized spacial score (nSPS) is 13.3.